The van der Waals surface area contributed by atoms with Gasteiger partial charge in [0, 0.05) is 25.8 Å². The Morgan fingerprint density at radius 1 is 1.33 bits per heavy atom. The van der Waals surface area contributed by atoms with Gasteiger partial charge in [0.05, 0.1) is 6.10 Å². The molecule has 2 N–H and O–H groups in total. The summed E-state index contributed by atoms with van der Waals surface area (Å²) in [6.07, 6.45) is 1.86. The molecule has 0 aromatic heterocycles. The lowest BCUT2D eigenvalue weighted by Gasteiger charge is -2.35. The first kappa shape index (κ1) is 16.3. The molecule has 1 aromatic carbocycles. The molecule has 3 nitrogen and oxygen atoms in total. The van der Waals surface area contributed by atoms with E-state index in [9.17, 15) is 5.11 Å². The van der Waals surface area contributed by atoms with Crippen LogP contribution in [-0.4, -0.2) is 31.3 Å². The maximum absolute atomic E-state index is 9.39. The zero-order valence-electron chi connectivity index (χ0n) is 13.9. The van der Waals surface area contributed by atoms with Crippen molar-refractivity contribution in [1.29, 1.82) is 0 Å². The second-order valence-corrected chi connectivity index (χ2v) is 7.02. The van der Waals surface area contributed by atoms with Crippen molar-refractivity contribution in [2.45, 2.75) is 46.3 Å². The van der Waals surface area contributed by atoms with Gasteiger partial charge in [-0.1, -0.05) is 26.0 Å². The molecule has 1 saturated carbocycles. The maximum atomic E-state index is 9.39. The van der Waals surface area contributed by atoms with Gasteiger partial charge in [-0.25, -0.2) is 0 Å². The topological polar surface area (TPSA) is 35.5 Å². The molecule has 0 amide bonds. The van der Waals surface area contributed by atoms with Crippen LogP contribution in [0.2, 0.25) is 0 Å². The summed E-state index contributed by atoms with van der Waals surface area (Å²) >= 11 is 0. The molecular formula is C18H30N2O. The fourth-order valence-electron chi connectivity index (χ4n) is 3.10. The van der Waals surface area contributed by atoms with Gasteiger partial charge in [0.25, 0.3) is 0 Å². The number of nitrogens with zero attached hydrogens (tertiary/aromatic N) is 1. The molecule has 0 aliphatic heterocycles. The van der Waals surface area contributed by atoms with Crippen LogP contribution >= 0.6 is 0 Å². The predicted octanol–water partition coefficient (Wildman–Crippen LogP) is 2.95. The van der Waals surface area contributed by atoms with Crippen LogP contribution in [0, 0.1) is 18.8 Å². The molecule has 118 valence electrons. The number of hydrogen-bond donors (Lipinski definition) is 2. The molecule has 1 aliphatic carbocycles. The van der Waals surface area contributed by atoms with E-state index in [0.717, 1.165) is 32.5 Å². The number of aliphatic hydroxyl groups excluding tert-OH is 1. The third-order valence-electron chi connectivity index (χ3n) is 4.30. The molecule has 0 bridgehead atoms. The lowest BCUT2D eigenvalue weighted by molar-refractivity contribution is 0.0465. The third-order valence-corrected chi connectivity index (χ3v) is 4.30. The molecule has 21 heavy (non-hydrogen) atoms. The zero-order valence-corrected chi connectivity index (χ0v) is 13.9. The highest BCUT2D eigenvalue weighted by Gasteiger charge is 2.28. The Morgan fingerprint density at radius 2 is 2.05 bits per heavy atom. The van der Waals surface area contributed by atoms with Crippen molar-refractivity contribution in [2.75, 3.05) is 25.0 Å². The van der Waals surface area contributed by atoms with Crippen LogP contribution in [0.4, 0.5) is 5.69 Å². The van der Waals surface area contributed by atoms with Gasteiger partial charge < -0.3 is 15.3 Å². The van der Waals surface area contributed by atoms with E-state index in [2.05, 4.69) is 56.2 Å². The Hall–Kier alpha value is -1.06. The van der Waals surface area contributed by atoms with Crippen molar-refractivity contribution in [3.8, 4) is 0 Å². The van der Waals surface area contributed by atoms with Gasteiger partial charge in [0.2, 0.25) is 0 Å². The number of benzene rings is 1. The zero-order chi connectivity index (χ0) is 15.4. The molecule has 0 saturated heterocycles. The first-order chi connectivity index (χ1) is 9.95. The minimum absolute atomic E-state index is 0.0566. The number of aryl methyl sites for hydroxylation is 1. The molecule has 0 unspecified atom stereocenters. The number of nitrogens with one attached hydrogen (secondary N) is 1. The molecule has 1 fully saturated rings. The number of anilines is 1. The second kappa shape index (κ2) is 7.28. The van der Waals surface area contributed by atoms with E-state index in [-0.39, 0.29) is 6.10 Å². The van der Waals surface area contributed by atoms with E-state index in [1.807, 2.05) is 0 Å². The average molecular weight is 290 g/mol. The summed E-state index contributed by atoms with van der Waals surface area (Å²) in [4.78, 5) is 2.33. The van der Waals surface area contributed by atoms with Crippen molar-refractivity contribution < 1.29 is 5.11 Å². The van der Waals surface area contributed by atoms with Gasteiger partial charge in [0.15, 0.2) is 0 Å². The standard InChI is InChI=1S/C18H30N2O/c1-13(2)10-19-11-15-5-6-18(14(3)7-15)20(4)12-16-8-17(21)9-16/h5-7,13,16-17,19,21H,8-12H2,1-4H3. The van der Waals surface area contributed by atoms with Crippen LogP contribution in [0.3, 0.4) is 0 Å². The minimum Gasteiger partial charge on any atom is -0.393 e. The van der Waals surface area contributed by atoms with Gasteiger partial charge >= 0.3 is 0 Å². The largest absolute Gasteiger partial charge is 0.393 e. The normalized spacial score (nSPS) is 21.4. The Bertz CT molecular complexity index is 453. The van der Waals surface area contributed by atoms with Crippen molar-refractivity contribution in [1.82, 2.24) is 5.32 Å². The molecule has 1 aliphatic rings. The molecule has 3 heteroatoms. The van der Waals surface area contributed by atoms with E-state index >= 15 is 0 Å². The van der Waals surface area contributed by atoms with Crippen molar-refractivity contribution in [3.05, 3.63) is 29.3 Å². The summed E-state index contributed by atoms with van der Waals surface area (Å²) in [5.74, 6) is 1.34. The first-order valence-electron chi connectivity index (χ1n) is 8.15. The van der Waals surface area contributed by atoms with Crippen LogP contribution < -0.4 is 10.2 Å². The third kappa shape index (κ3) is 4.72. The van der Waals surface area contributed by atoms with E-state index in [0.29, 0.717) is 11.8 Å². The quantitative estimate of drug-likeness (QED) is 0.810. The fraction of sp³-hybridized carbons (Fsp3) is 0.667. The van der Waals surface area contributed by atoms with E-state index in [1.165, 1.54) is 16.8 Å². The summed E-state index contributed by atoms with van der Waals surface area (Å²) in [7, 11) is 2.16. The number of rotatable bonds is 7. The molecule has 2 rings (SSSR count). The number of hydrogen-bond acceptors (Lipinski definition) is 3. The molecule has 0 spiro atoms. The second-order valence-electron chi connectivity index (χ2n) is 7.02. The van der Waals surface area contributed by atoms with E-state index in [4.69, 9.17) is 0 Å². The highest BCUT2D eigenvalue weighted by atomic mass is 16.3. The molecular weight excluding hydrogens is 260 g/mol. The lowest BCUT2D eigenvalue weighted by atomic mass is 9.82. The van der Waals surface area contributed by atoms with Crippen LogP contribution in [0.15, 0.2) is 18.2 Å². The minimum atomic E-state index is -0.0566. The van der Waals surface area contributed by atoms with Gasteiger partial charge in [-0.2, -0.15) is 0 Å². The molecule has 0 heterocycles. The fourth-order valence-corrected chi connectivity index (χ4v) is 3.10. The smallest absolute Gasteiger partial charge is 0.0546 e. The highest BCUT2D eigenvalue weighted by molar-refractivity contribution is 5.54. The van der Waals surface area contributed by atoms with Crippen molar-refractivity contribution in [2.24, 2.45) is 11.8 Å². The molecule has 0 radical (unpaired) electrons. The van der Waals surface area contributed by atoms with Gasteiger partial charge in [-0.05, 0) is 55.3 Å². The predicted molar refractivity (Wildman–Crippen MR) is 89.7 cm³/mol. The molecule has 0 atom stereocenters. The Labute approximate surface area is 129 Å². The SMILES string of the molecule is Cc1cc(CNCC(C)C)ccc1N(C)CC1CC(O)C1. The Balaban J connectivity index is 1.88. The van der Waals surface area contributed by atoms with Crippen LogP contribution in [0.1, 0.15) is 37.8 Å². The summed E-state index contributed by atoms with van der Waals surface area (Å²) < 4.78 is 0. The summed E-state index contributed by atoms with van der Waals surface area (Å²) in [5.41, 5.74) is 3.99. The summed E-state index contributed by atoms with van der Waals surface area (Å²) in [6.45, 7) is 9.69. The van der Waals surface area contributed by atoms with Crippen molar-refractivity contribution >= 4 is 5.69 Å². The Kier molecular flexibility index (Phi) is 5.65. The maximum Gasteiger partial charge on any atom is 0.0546 e. The Morgan fingerprint density at radius 3 is 2.62 bits per heavy atom. The van der Waals surface area contributed by atoms with Crippen LogP contribution in [-0.2, 0) is 6.54 Å². The van der Waals surface area contributed by atoms with Crippen molar-refractivity contribution in [3.63, 3.8) is 0 Å². The first-order valence-corrected chi connectivity index (χ1v) is 8.15. The monoisotopic (exact) mass is 290 g/mol. The summed E-state index contributed by atoms with van der Waals surface area (Å²) in [6, 6.07) is 6.74. The number of aliphatic hydroxyl groups is 1. The highest BCUT2D eigenvalue weighted by Crippen LogP contribution is 2.30. The van der Waals surface area contributed by atoms with Crippen LogP contribution in [0.5, 0.6) is 0 Å². The summed E-state index contributed by atoms with van der Waals surface area (Å²) in [5, 5.41) is 12.9. The average Bonchev–Trinajstić information content (AvgIpc) is 2.36. The van der Waals surface area contributed by atoms with E-state index in [1.54, 1.807) is 0 Å². The van der Waals surface area contributed by atoms with Crippen LogP contribution in [0.25, 0.3) is 0 Å². The van der Waals surface area contributed by atoms with Gasteiger partial charge in [-0.3, -0.25) is 0 Å². The van der Waals surface area contributed by atoms with E-state index < -0.39 is 0 Å². The lowest BCUT2D eigenvalue weighted by Crippen LogP contribution is -2.37. The van der Waals surface area contributed by atoms with Gasteiger partial charge in [0.1, 0.15) is 0 Å². The molecule has 1 aromatic rings. The van der Waals surface area contributed by atoms with Gasteiger partial charge in [-0.15, -0.1) is 0 Å².